The molecule has 0 amide bonds. The minimum Gasteiger partial charge on any atom is -0.467 e. The molecule has 9 heteroatoms. The van der Waals surface area contributed by atoms with Gasteiger partial charge in [0, 0.05) is 28.1 Å². The lowest BCUT2D eigenvalue weighted by Crippen LogP contribution is -2.61. The molecule has 0 unspecified atom stereocenters. The molecule has 0 spiro atoms. The van der Waals surface area contributed by atoms with Crippen LogP contribution in [0.2, 0.25) is 0 Å². The van der Waals surface area contributed by atoms with Gasteiger partial charge in [0.1, 0.15) is 6.10 Å². The van der Waals surface area contributed by atoms with Crippen LogP contribution >= 0.6 is 0 Å². The zero-order chi connectivity index (χ0) is 16.9. The molecular weight excluding hydrogens is 300 g/mol. The molecule has 0 N–H and O–H groups in total. The van der Waals surface area contributed by atoms with Crippen molar-refractivity contribution in [2.45, 2.75) is 44.6 Å². The number of esters is 3. The van der Waals surface area contributed by atoms with Crippen LogP contribution in [-0.4, -0.2) is 63.5 Å². The number of hydrogen-bond acceptors (Lipinski definition) is 9. The number of ether oxygens (including phenoxy) is 6. The number of hydrogen-bond donors (Lipinski definition) is 0. The Morgan fingerprint density at radius 1 is 1.00 bits per heavy atom. The third-order valence-corrected chi connectivity index (χ3v) is 3.10. The topological polar surface area (TPSA) is 107 Å². The van der Waals surface area contributed by atoms with E-state index in [2.05, 4.69) is 4.74 Å². The van der Waals surface area contributed by atoms with Gasteiger partial charge in [-0.2, -0.15) is 0 Å². The van der Waals surface area contributed by atoms with Gasteiger partial charge in [0.15, 0.2) is 6.10 Å². The van der Waals surface area contributed by atoms with Crippen molar-refractivity contribution in [3.8, 4) is 0 Å². The van der Waals surface area contributed by atoms with E-state index in [1.807, 2.05) is 0 Å². The van der Waals surface area contributed by atoms with Crippen molar-refractivity contribution >= 4 is 17.9 Å². The Kier molecular flexibility index (Phi) is 6.27. The minimum atomic E-state index is -1.63. The van der Waals surface area contributed by atoms with Crippen LogP contribution in [0.25, 0.3) is 0 Å². The first kappa shape index (κ1) is 18.3. The Labute approximate surface area is 127 Å². The van der Waals surface area contributed by atoms with Gasteiger partial charge >= 0.3 is 17.9 Å². The SMILES string of the molecule is COC(=O)[C@H]1OC(OC)(OC)C[C@@H](OC(C)=O)[C@@H]1OC(C)=O. The number of methoxy groups -OCH3 is 3. The zero-order valence-electron chi connectivity index (χ0n) is 13.1. The zero-order valence-corrected chi connectivity index (χ0v) is 13.1. The second kappa shape index (κ2) is 7.52. The molecule has 1 rings (SSSR count). The summed E-state index contributed by atoms with van der Waals surface area (Å²) in [6.07, 6.45) is -3.64. The van der Waals surface area contributed by atoms with Gasteiger partial charge in [-0.3, -0.25) is 9.59 Å². The van der Waals surface area contributed by atoms with E-state index in [1.165, 1.54) is 21.1 Å². The molecule has 1 aliphatic heterocycles. The van der Waals surface area contributed by atoms with Crippen molar-refractivity contribution in [1.29, 1.82) is 0 Å². The molecule has 1 saturated heterocycles. The van der Waals surface area contributed by atoms with Crippen LogP contribution in [0.15, 0.2) is 0 Å². The highest BCUT2D eigenvalue weighted by atomic mass is 16.9. The van der Waals surface area contributed by atoms with Crippen molar-refractivity contribution in [2.75, 3.05) is 21.3 Å². The average molecular weight is 320 g/mol. The van der Waals surface area contributed by atoms with Crippen molar-refractivity contribution in [3.63, 3.8) is 0 Å². The summed E-state index contributed by atoms with van der Waals surface area (Å²) in [4.78, 5) is 34.5. The number of rotatable bonds is 5. The van der Waals surface area contributed by atoms with Gasteiger partial charge in [0.05, 0.1) is 13.5 Å². The van der Waals surface area contributed by atoms with Crippen LogP contribution in [-0.2, 0) is 42.8 Å². The molecular formula is C13H20O9. The lowest BCUT2D eigenvalue weighted by molar-refractivity contribution is -0.409. The largest absolute Gasteiger partial charge is 0.467 e. The molecule has 0 bridgehead atoms. The maximum atomic E-state index is 11.9. The third-order valence-electron chi connectivity index (χ3n) is 3.10. The van der Waals surface area contributed by atoms with Crippen LogP contribution in [0.5, 0.6) is 0 Å². The van der Waals surface area contributed by atoms with Gasteiger partial charge in [-0.1, -0.05) is 0 Å². The maximum absolute atomic E-state index is 11.9. The summed E-state index contributed by atoms with van der Waals surface area (Å²) < 4.78 is 30.6. The molecule has 0 aromatic rings. The highest BCUT2D eigenvalue weighted by Crippen LogP contribution is 2.34. The Morgan fingerprint density at radius 3 is 1.95 bits per heavy atom. The van der Waals surface area contributed by atoms with Crippen molar-refractivity contribution in [2.24, 2.45) is 0 Å². The summed E-state index contributed by atoms with van der Waals surface area (Å²) >= 11 is 0. The summed E-state index contributed by atoms with van der Waals surface area (Å²) in [7, 11) is 3.75. The second-order valence-corrected chi connectivity index (χ2v) is 4.58. The number of carbonyl (C=O) groups is 3. The van der Waals surface area contributed by atoms with Crippen molar-refractivity contribution in [1.82, 2.24) is 0 Å². The lowest BCUT2D eigenvalue weighted by Gasteiger charge is -2.43. The fourth-order valence-electron chi connectivity index (χ4n) is 2.16. The van der Waals surface area contributed by atoms with E-state index in [1.54, 1.807) is 0 Å². The van der Waals surface area contributed by atoms with Gasteiger partial charge in [-0.05, 0) is 0 Å². The molecule has 3 atom stereocenters. The molecule has 9 nitrogen and oxygen atoms in total. The monoisotopic (exact) mass is 320 g/mol. The first-order chi connectivity index (χ1) is 10.3. The van der Waals surface area contributed by atoms with Gasteiger partial charge < -0.3 is 28.4 Å². The maximum Gasteiger partial charge on any atom is 0.339 e. The third kappa shape index (κ3) is 4.15. The van der Waals surface area contributed by atoms with Gasteiger partial charge in [-0.25, -0.2) is 4.79 Å². The van der Waals surface area contributed by atoms with Gasteiger partial charge in [0.25, 0.3) is 5.97 Å². The predicted octanol–water partition coefficient (Wildman–Crippen LogP) is -0.242. The average Bonchev–Trinajstić information content (AvgIpc) is 2.47. The molecule has 22 heavy (non-hydrogen) atoms. The summed E-state index contributed by atoms with van der Waals surface area (Å²) in [5.74, 6) is -3.73. The van der Waals surface area contributed by atoms with Gasteiger partial charge in [0.2, 0.25) is 6.10 Å². The lowest BCUT2D eigenvalue weighted by atomic mass is 9.99. The normalized spacial score (nSPS) is 26.9. The standard InChI is InChI=1S/C13H20O9/c1-7(14)20-9-6-13(18-4,19-5)22-11(12(16)17-3)10(9)21-8(2)15/h9-11H,6H2,1-5H3/t9-,10+,11+/m1/s1. The van der Waals surface area contributed by atoms with E-state index in [4.69, 9.17) is 23.7 Å². The smallest absolute Gasteiger partial charge is 0.339 e. The van der Waals surface area contributed by atoms with Crippen LogP contribution in [0, 0.1) is 0 Å². The predicted molar refractivity (Wildman–Crippen MR) is 69.4 cm³/mol. The first-order valence-corrected chi connectivity index (χ1v) is 6.49. The van der Waals surface area contributed by atoms with Crippen LogP contribution in [0.4, 0.5) is 0 Å². The summed E-state index contributed by atoms with van der Waals surface area (Å²) in [6, 6.07) is 0. The molecule has 126 valence electrons. The molecule has 1 fully saturated rings. The van der Waals surface area contributed by atoms with Crippen LogP contribution in [0.1, 0.15) is 20.3 Å². The Morgan fingerprint density at radius 2 is 1.55 bits per heavy atom. The Hall–Kier alpha value is -1.71. The number of carbonyl (C=O) groups excluding carboxylic acids is 3. The Balaban J connectivity index is 3.17. The van der Waals surface area contributed by atoms with Gasteiger partial charge in [-0.15, -0.1) is 0 Å². The van der Waals surface area contributed by atoms with E-state index >= 15 is 0 Å². The van der Waals surface area contributed by atoms with Crippen molar-refractivity contribution in [3.05, 3.63) is 0 Å². The van der Waals surface area contributed by atoms with E-state index in [9.17, 15) is 14.4 Å². The molecule has 1 aliphatic rings. The highest BCUT2D eigenvalue weighted by Gasteiger charge is 2.54. The van der Waals surface area contributed by atoms with Crippen molar-refractivity contribution < 1.29 is 42.8 Å². The summed E-state index contributed by atoms with van der Waals surface area (Å²) in [6.45, 7) is 2.35. The van der Waals surface area contributed by atoms with E-state index in [-0.39, 0.29) is 6.42 Å². The molecule has 0 aliphatic carbocycles. The summed E-state index contributed by atoms with van der Waals surface area (Å²) in [5.41, 5.74) is 0. The summed E-state index contributed by atoms with van der Waals surface area (Å²) in [5, 5.41) is 0. The van der Waals surface area contributed by atoms with E-state index in [0.717, 1.165) is 14.0 Å². The van der Waals surface area contributed by atoms with E-state index < -0.39 is 42.2 Å². The molecule has 0 aromatic heterocycles. The Bertz CT molecular complexity index is 429. The molecule has 0 aromatic carbocycles. The highest BCUT2D eigenvalue weighted by molar-refractivity contribution is 5.77. The van der Waals surface area contributed by atoms with Crippen LogP contribution < -0.4 is 0 Å². The quantitative estimate of drug-likeness (QED) is 0.385. The van der Waals surface area contributed by atoms with E-state index in [0.29, 0.717) is 0 Å². The molecule has 1 heterocycles. The first-order valence-electron chi connectivity index (χ1n) is 6.49. The second-order valence-electron chi connectivity index (χ2n) is 4.58. The molecule has 0 saturated carbocycles. The fraction of sp³-hybridized carbons (Fsp3) is 0.769. The molecule has 0 radical (unpaired) electrons. The fourth-order valence-corrected chi connectivity index (χ4v) is 2.16. The van der Waals surface area contributed by atoms with Crippen LogP contribution in [0.3, 0.4) is 0 Å². The minimum absolute atomic E-state index is 0.0922.